The number of H-pyrrole nitrogens is 1. The Kier molecular flexibility index (Phi) is 5.53. The summed E-state index contributed by atoms with van der Waals surface area (Å²) in [6.45, 7) is 1.07. The molecule has 0 bridgehead atoms. The number of nitrogens with zero attached hydrogens (tertiary/aromatic N) is 3. The average Bonchev–Trinajstić information content (AvgIpc) is 3.01. The molecule has 1 aliphatic heterocycles. The molecule has 0 saturated carbocycles. The van der Waals surface area contributed by atoms with E-state index in [1.54, 1.807) is 12.4 Å². The van der Waals surface area contributed by atoms with Crippen LogP contribution in [-0.4, -0.2) is 26.7 Å². The zero-order chi connectivity index (χ0) is 10.8. The van der Waals surface area contributed by atoms with Crippen molar-refractivity contribution in [1.82, 2.24) is 25.5 Å². The molecule has 2 aromatic heterocycles. The minimum atomic E-state index is 0. The highest BCUT2D eigenvalue weighted by Crippen LogP contribution is 2.21. The number of aromatic amines is 1. The molecular formula is C11H15Cl2N5. The molecule has 0 aliphatic carbocycles. The molecule has 0 aromatic carbocycles. The largest absolute Gasteiger partial charge is 0.307 e. The summed E-state index contributed by atoms with van der Waals surface area (Å²) in [5, 5.41) is 10.6. The first-order valence-electron chi connectivity index (χ1n) is 5.49. The number of nitrogens with one attached hydrogen (secondary N) is 2. The maximum absolute atomic E-state index is 4.51. The van der Waals surface area contributed by atoms with Gasteiger partial charge >= 0.3 is 0 Å². The van der Waals surface area contributed by atoms with Gasteiger partial charge in [-0.2, -0.15) is 5.10 Å². The van der Waals surface area contributed by atoms with Gasteiger partial charge in [-0.05, 0) is 31.5 Å². The fourth-order valence-corrected chi connectivity index (χ4v) is 1.98. The molecular weight excluding hydrogens is 273 g/mol. The van der Waals surface area contributed by atoms with Crippen molar-refractivity contribution in [1.29, 1.82) is 0 Å². The summed E-state index contributed by atoms with van der Waals surface area (Å²) >= 11 is 0. The lowest BCUT2D eigenvalue weighted by molar-refractivity contribution is 0.608. The molecule has 1 aliphatic rings. The van der Waals surface area contributed by atoms with E-state index in [2.05, 4.69) is 25.5 Å². The van der Waals surface area contributed by atoms with E-state index >= 15 is 0 Å². The highest BCUT2D eigenvalue weighted by Gasteiger charge is 2.19. The Balaban J connectivity index is 0.000000810. The normalized spacial score (nSPS) is 17.9. The van der Waals surface area contributed by atoms with Gasteiger partial charge in [0.25, 0.3) is 0 Å². The standard InChI is InChI=1S/C11H13N5.2ClH/c1-2-9(13-5-1)11-14-10(15-16-11)8-3-6-12-7-4-8;;/h3-4,6-7,9,13H,1-2,5H2,(H,14,15,16);2*1H. The second kappa shape index (κ2) is 6.68. The van der Waals surface area contributed by atoms with Gasteiger partial charge in [-0.25, -0.2) is 4.98 Å². The maximum atomic E-state index is 4.51. The van der Waals surface area contributed by atoms with Gasteiger partial charge in [-0.3, -0.25) is 10.1 Å². The molecule has 7 heteroatoms. The molecule has 1 atom stereocenters. The van der Waals surface area contributed by atoms with E-state index in [0.29, 0.717) is 6.04 Å². The summed E-state index contributed by atoms with van der Waals surface area (Å²) in [6, 6.07) is 4.16. The van der Waals surface area contributed by atoms with Gasteiger partial charge < -0.3 is 5.32 Å². The van der Waals surface area contributed by atoms with E-state index in [-0.39, 0.29) is 24.8 Å². The van der Waals surface area contributed by atoms with Crippen molar-refractivity contribution < 1.29 is 0 Å². The molecule has 3 rings (SSSR count). The summed E-state index contributed by atoms with van der Waals surface area (Å²) in [5.41, 5.74) is 0.996. The molecule has 5 nitrogen and oxygen atoms in total. The quantitative estimate of drug-likeness (QED) is 0.888. The molecule has 1 saturated heterocycles. The Labute approximate surface area is 118 Å². The van der Waals surface area contributed by atoms with Crippen molar-refractivity contribution in [3.05, 3.63) is 30.4 Å². The summed E-state index contributed by atoms with van der Waals surface area (Å²) in [7, 11) is 0. The lowest BCUT2D eigenvalue weighted by Gasteiger charge is -2.03. The smallest absolute Gasteiger partial charge is 0.181 e. The number of aromatic nitrogens is 4. The number of pyridine rings is 1. The summed E-state index contributed by atoms with van der Waals surface area (Å²) < 4.78 is 0. The van der Waals surface area contributed by atoms with E-state index in [0.717, 1.165) is 30.2 Å². The Bertz CT molecular complexity index is 467. The van der Waals surface area contributed by atoms with Gasteiger partial charge in [-0.1, -0.05) is 0 Å². The van der Waals surface area contributed by atoms with E-state index in [9.17, 15) is 0 Å². The first kappa shape index (κ1) is 14.9. The molecule has 1 fully saturated rings. The van der Waals surface area contributed by atoms with Gasteiger partial charge in [0.1, 0.15) is 5.82 Å². The van der Waals surface area contributed by atoms with E-state index < -0.39 is 0 Å². The fraction of sp³-hybridized carbons (Fsp3) is 0.364. The molecule has 0 spiro atoms. The van der Waals surface area contributed by atoms with E-state index in [4.69, 9.17) is 0 Å². The Morgan fingerprint density at radius 2 is 1.94 bits per heavy atom. The second-order valence-corrected chi connectivity index (χ2v) is 3.93. The second-order valence-electron chi connectivity index (χ2n) is 3.93. The number of halogens is 2. The van der Waals surface area contributed by atoms with Crippen LogP contribution in [0.25, 0.3) is 11.4 Å². The summed E-state index contributed by atoms with van der Waals surface area (Å²) in [6.07, 6.45) is 5.83. The summed E-state index contributed by atoms with van der Waals surface area (Å²) in [5.74, 6) is 1.68. The predicted molar refractivity (Wildman–Crippen MR) is 74.1 cm³/mol. The number of hydrogen-bond donors (Lipinski definition) is 2. The van der Waals surface area contributed by atoms with Crippen LogP contribution in [0.3, 0.4) is 0 Å². The molecule has 0 radical (unpaired) electrons. The van der Waals surface area contributed by atoms with Gasteiger partial charge in [0.15, 0.2) is 5.82 Å². The van der Waals surface area contributed by atoms with Gasteiger partial charge in [0, 0.05) is 18.0 Å². The first-order valence-corrected chi connectivity index (χ1v) is 5.49. The maximum Gasteiger partial charge on any atom is 0.181 e. The molecule has 2 aromatic rings. The Morgan fingerprint density at radius 3 is 2.61 bits per heavy atom. The Morgan fingerprint density at radius 1 is 1.17 bits per heavy atom. The third kappa shape index (κ3) is 2.98. The van der Waals surface area contributed by atoms with Crippen LogP contribution in [0, 0.1) is 0 Å². The average molecular weight is 288 g/mol. The Hall–Kier alpha value is -1.17. The van der Waals surface area contributed by atoms with Crippen molar-refractivity contribution in [3.8, 4) is 11.4 Å². The summed E-state index contributed by atoms with van der Waals surface area (Å²) in [4.78, 5) is 8.48. The highest BCUT2D eigenvalue weighted by molar-refractivity contribution is 5.85. The van der Waals surface area contributed by atoms with Crippen LogP contribution in [0.4, 0.5) is 0 Å². The molecule has 18 heavy (non-hydrogen) atoms. The van der Waals surface area contributed by atoms with E-state index in [1.807, 2.05) is 12.1 Å². The van der Waals surface area contributed by atoms with Crippen LogP contribution in [0.5, 0.6) is 0 Å². The van der Waals surface area contributed by atoms with Gasteiger partial charge in [0.2, 0.25) is 0 Å². The first-order chi connectivity index (χ1) is 7.93. The van der Waals surface area contributed by atoms with Crippen LogP contribution in [-0.2, 0) is 0 Å². The minimum Gasteiger partial charge on any atom is -0.307 e. The van der Waals surface area contributed by atoms with Crippen LogP contribution in [0.1, 0.15) is 24.7 Å². The number of hydrogen-bond acceptors (Lipinski definition) is 4. The predicted octanol–water partition coefficient (Wildman–Crippen LogP) is 2.13. The lowest BCUT2D eigenvalue weighted by atomic mass is 10.2. The molecule has 98 valence electrons. The van der Waals surface area contributed by atoms with Crippen LogP contribution < -0.4 is 5.32 Å². The monoisotopic (exact) mass is 287 g/mol. The SMILES string of the molecule is Cl.Cl.c1cc(-c2n[nH]c(C3CCCN3)n2)ccn1. The topological polar surface area (TPSA) is 66.5 Å². The molecule has 1 unspecified atom stereocenters. The van der Waals surface area contributed by atoms with Crippen molar-refractivity contribution in [3.63, 3.8) is 0 Å². The zero-order valence-corrected chi connectivity index (χ0v) is 11.3. The van der Waals surface area contributed by atoms with Crippen LogP contribution in [0.2, 0.25) is 0 Å². The van der Waals surface area contributed by atoms with Crippen molar-refractivity contribution in [2.75, 3.05) is 6.54 Å². The third-order valence-electron chi connectivity index (χ3n) is 2.83. The minimum absolute atomic E-state index is 0. The molecule has 3 heterocycles. The third-order valence-corrected chi connectivity index (χ3v) is 2.83. The van der Waals surface area contributed by atoms with Crippen molar-refractivity contribution >= 4 is 24.8 Å². The zero-order valence-electron chi connectivity index (χ0n) is 9.67. The fourth-order valence-electron chi connectivity index (χ4n) is 1.98. The molecule has 0 amide bonds. The van der Waals surface area contributed by atoms with Crippen LogP contribution in [0.15, 0.2) is 24.5 Å². The number of rotatable bonds is 2. The van der Waals surface area contributed by atoms with Gasteiger partial charge in [0.05, 0.1) is 6.04 Å². The van der Waals surface area contributed by atoms with E-state index in [1.165, 1.54) is 6.42 Å². The molecule has 2 N–H and O–H groups in total. The van der Waals surface area contributed by atoms with Crippen LogP contribution >= 0.6 is 24.8 Å². The van der Waals surface area contributed by atoms with Gasteiger partial charge in [-0.15, -0.1) is 24.8 Å². The van der Waals surface area contributed by atoms with Crippen molar-refractivity contribution in [2.24, 2.45) is 0 Å². The van der Waals surface area contributed by atoms with Crippen molar-refractivity contribution in [2.45, 2.75) is 18.9 Å². The lowest BCUT2D eigenvalue weighted by Crippen LogP contribution is -2.14. The highest BCUT2D eigenvalue weighted by atomic mass is 35.5.